The van der Waals surface area contributed by atoms with Gasteiger partial charge < -0.3 is 14.6 Å². The minimum atomic E-state index is -0.656. The Hall–Kier alpha value is -1.82. The first-order valence-electron chi connectivity index (χ1n) is 5.13. The molecule has 0 aliphatic heterocycles. The molecule has 0 bridgehead atoms. The highest BCUT2D eigenvalue weighted by Crippen LogP contribution is 2.31. The van der Waals surface area contributed by atoms with Crippen LogP contribution in [0.3, 0.4) is 0 Å². The van der Waals surface area contributed by atoms with Gasteiger partial charge >= 0.3 is 5.69 Å². The van der Waals surface area contributed by atoms with Crippen molar-refractivity contribution in [3.8, 4) is 11.5 Å². The first-order valence-corrected chi connectivity index (χ1v) is 5.13. The Morgan fingerprint density at radius 2 is 2.06 bits per heavy atom. The lowest BCUT2D eigenvalue weighted by Gasteiger charge is -2.17. The molecule has 0 aromatic heterocycles. The molecule has 0 saturated heterocycles. The van der Waals surface area contributed by atoms with Crippen LogP contribution in [-0.2, 0) is 0 Å². The zero-order valence-corrected chi connectivity index (χ0v) is 9.91. The molecule has 1 aromatic carbocycles. The van der Waals surface area contributed by atoms with Gasteiger partial charge in [0.25, 0.3) is 0 Å². The summed E-state index contributed by atoms with van der Waals surface area (Å²) in [5, 5.41) is 20.1. The fraction of sp³-hybridized carbons (Fsp3) is 0.455. The van der Waals surface area contributed by atoms with Crippen molar-refractivity contribution in [2.24, 2.45) is 0 Å². The Morgan fingerprint density at radius 1 is 1.41 bits per heavy atom. The van der Waals surface area contributed by atoms with E-state index in [2.05, 4.69) is 0 Å². The van der Waals surface area contributed by atoms with Gasteiger partial charge in [0, 0.05) is 0 Å². The van der Waals surface area contributed by atoms with Gasteiger partial charge in [-0.1, -0.05) is 0 Å². The normalized spacial score (nSPS) is 13.9. The molecule has 2 unspecified atom stereocenters. The second-order valence-corrected chi connectivity index (χ2v) is 3.65. The van der Waals surface area contributed by atoms with Crippen molar-refractivity contribution in [2.75, 3.05) is 7.11 Å². The van der Waals surface area contributed by atoms with Gasteiger partial charge in [0.15, 0.2) is 5.75 Å². The van der Waals surface area contributed by atoms with Gasteiger partial charge in [-0.2, -0.15) is 0 Å². The van der Waals surface area contributed by atoms with E-state index in [4.69, 9.17) is 9.47 Å². The number of nitro groups is 1. The van der Waals surface area contributed by atoms with Gasteiger partial charge in [0.05, 0.1) is 24.2 Å². The maximum atomic E-state index is 10.8. The molecule has 0 aliphatic rings. The van der Waals surface area contributed by atoms with Crippen LogP contribution in [0.2, 0.25) is 0 Å². The predicted molar refractivity (Wildman–Crippen MR) is 61.4 cm³/mol. The predicted octanol–water partition coefficient (Wildman–Crippen LogP) is 1.75. The summed E-state index contributed by atoms with van der Waals surface area (Å²) in [6.45, 7) is 3.27. The monoisotopic (exact) mass is 241 g/mol. The van der Waals surface area contributed by atoms with Crippen molar-refractivity contribution < 1.29 is 19.5 Å². The molecule has 0 saturated carbocycles. The Labute approximate surface area is 98.9 Å². The number of nitrogens with zero attached hydrogens (tertiary/aromatic N) is 1. The van der Waals surface area contributed by atoms with Gasteiger partial charge in [-0.25, -0.2) is 0 Å². The largest absolute Gasteiger partial charge is 0.490 e. The molecule has 1 aromatic rings. The zero-order chi connectivity index (χ0) is 13.0. The summed E-state index contributed by atoms with van der Waals surface area (Å²) in [5.74, 6) is 0.498. The first-order chi connectivity index (χ1) is 7.95. The molecule has 94 valence electrons. The Morgan fingerprint density at radius 3 is 2.53 bits per heavy atom. The first kappa shape index (κ1) is 13.2. The van der Waals surface area contributed by atoms with Crippen molar-refractivity contribution in [1.82, 2.24) is 0 Å². The molecule has 0 heterocycles. The summed E-state index contributed by atoms with van der Waals surface area (Å²) in [5.41, 5.74) is -0.164. The number of ether oxygens (including phenoxy) is 2. The number of methoxy groups -OCH3 is 1. The van der Waals surface area contributed by atoms with E-state index in [9.17, 15) is 15.2 Å². The standard InChI is InChI=1S/C11H15NO5/c1-7(13)8(2)17-9-4-5-11(16-3)10(6-9)12(14)15/h4-8,13H,1-3H3. The highest BCUT2D eigenvalue weighted by molar-refractivity contribution is 5.50. The summed E-state index contributed by atoms with van der Waals surface area (Å²) in [7, 11) is 1.36. The molecule has 17 heavy (non-hydrogen) atoms. The lowest BCUT2D eigenvalue weighted by Crippen LogP contribution is -2.25. The van der Waals surface area contributed by atoms with Crippen molar-refractivity contribution in [1.29, 1.82) is 0 Å². The third kappa shape index (κ3) is 3.32. The third-order valence-corrected chi connectivity index (χ3v) is 2.35. The van der Waals surface area contributed by atoms with Crippen molar-refractivity contribution in [2.45, 2.75) is 26.1 Å². The second-order valence-electron chi connectivity index (χ2n) is 3.65. The van der Waals surface area contributed by atoms with Crippen LogP contribution < -0.4 is 9.47 Å². The van der Waals surface area contributed by atoms with Crippen molar-refractivity contribution in [3.05, 3.63) is 28.3 Å². The molecule has 0 amide bonds. The number of rotatable bonds is 5. The second kappa shape index (κ2) is 5.49. The maximum Gasteiger partial charge on any atom is 0.314 e. The van der Waals surface area contributed by atoms with Crippen LogP contribution in [0.4, 0.5) is 5.69 Å². The Kier molecular flexibility index (Phi) is 4.28. The summed E-state index contributed by atoms with van der Waals surface area (Å²) in [4.78, 5) is 10.2. The van der Waals surface area contributed by atoms with Gasteiger partial charge in [-0.3, -0.25) is 10.1 Å². The summed E-state index contributed by atoms with van der Waals surface area (Å²) < 4.78 is 10.2. The molecule has 6 heteroatoms. The summed E-state index contributed by atoms with van der Waals surface area (Å²) in [6, 6.07) is 4.30. The maximum absolute atomic E-state index is 10.8. The van der Waals surface area contributed by atoms with Gasteiger partial charge in [-0.05, 0) is 26.0 Å². The fourth-order valence-electron chi connectivity index (χ4n) is 1.20. The van der Waals surface area contributed by atoms with E-state index in [1.165, 1.54) is 19.2 Å². The highest BCUT2D eigenvalue weighted by Gasteiger charge is 2.17. The minimum absolute atomic E-state index is 0.164. The third-order valence-electron chi connectivity index (χ3n) is 2.35. The molecular weight excluding hydrogens is 226 g/mol. The van der Waals surface area contributed by atoms with Crippen LogP contribution in [0, 0.1) is 10.1 Å². The molecule has 2 atom stereocenters. The van der Waals surface area contributed by atoms with E-state index in [0.29, 0.717) is 5.75 Å². The van der Waals surface area contributed by atoms with Gasteiger partial charge in [-0.15, -0.1) is 0 Å². The van der Waals surface area contributed by atoms with Gasteiger partial charge in [0.1, 0.15) is 11.9 Å². The zero-order valence-electron chi connectivity index (χ0n) is 9.91. The van der Waals surface area contributed by atoms with E-state index in [-0.39, 0.29) is 11.4 Å². The molecule has 6 nitrogen and oxygen atoms in total. The summed E-state index contributed by atoms with van der Waals surface area (Å²) >= 11 is 0. The van der Waals surface area contributed by atoms with Crippen LogP contribution in [0.25, 0.3) is 0 Å². The smallest absolute Gasteiger partial charge is 0.314 e. The number of aliphatic hydroxyl groups is 1. The fourth-order valence-corrected chi connectivity index (χ4v) is 1.20. The van der Waals surface area contributed by atoms with Crippen LogP contribution in [-0.4, -0.2) is 29.3 Å². The molecule has 1 N–H and O–H groups in total. The molecule has 1 rings (SSSR count). The number of hydrogen-bond acceptors (Lipinski definition) is 5. The number of aliphatic hydroxyl groups excluding tert-OH is 1. The Bertz CT molecular complexity index is 405. The van der Waals surface area contributed by atoms with Crippen molar-refractivity contribution >= 4 is 5.69 Å². The topological polar surface area (TPSA) is 81.8 Å². The lowest BCUT2D eigenvalue weighted by molar-refractivity contribution is -0.385. The molecule has 0 fully saturated rings. The van der Waals surface area contributed by atoms with Gasteiger partial charge in [0.2, 0.25) is 0 Å². The van der Waals surface area contributed by atoms with Crippen LogP contribution in [0.5, 0.6) is 11.5 Å². The number of nitro benzene ring substituents is 1. The Balaban J connectivity index is 2.96. The lowest BCUT2D eigenvalue weighted by atomic mass is 10.2. The average Bonchev–Trinajstić information content (AvgIpc) is 2.28. The van der Waals surface area contributed by atoms with E-state index < -0.39 is 17.1 Å². The quantitative estimate of drug-likeness (QED) is 0.627. The number of benzene rings is 1. The molecular formula is C11H15NO5. The van der Waals surface area contributed by atoms with Crippen LogP contribution in [0.1, 0.15) is 13.8 Å². The molecule has 0 radical (unpaired) electrons. The molecule has 0 spiro atoms. The highest BCUT2D eigenvalue weighted by atomic mass is 16.6. The van der Waals surface area contributed by atoms with E-state index in [1.807, 2.05) is 0 Å². The average molecular weight is 241 g/mol. The molecule has 0 aliphatic carbocycles. The van der Waals surface area contributed by atoms with Crippen molar-refractivity contribution in [3.63, 3.8) is 0 Å². The van der Waals surface area contributed by atoms with E-state index in [1.54, 1.807) is 19.9 Å². The van der Waals surface area contributed by atoms with E-state index in [0.717, 1.165) is 0 Å². The van der Waals surface area contributed by atoms with Crippen LogP contribution >= 0.6 is 0 Å². The SMILES string of the molecule is COc1ccc(OC(C)C(C)O)cc1[N+](=O)[O-]. The number of hydrogen-bond donors (Lipinski definition) is 1. The minimum Gasteiger partial charge on any atom is -0.490 e. The van der Waals surface area contributed by atoms with E-state index >= 15 is 0 Å². The van der Waals surface area contributed by atoms with Crippen LogP contribution in [0.15, 0.2) is 18.2 Å². The summed E-state index contributed by atoms with van der Waals surface area (Å²) in [6.07, 6.45) is -1.10.